The van der Waals surface area contributed by atoms with Gasteiger partial charge in [-0.1, -0.05) is 0 Å². The van der Waals surface area contributed by atoms with Gasteiger partial charge >= 0.3 is 5.97 Å². The number of hydrogen-bond acceptors (Lipinski definition) is 5. The fourth-order valence-electron chi connectivity index (χ4n) is 1.66. The van der Waals surface area contributed by atoms with E-state index in [9.17, 15) is 9.59 Å². The molecule has 0 saturated carbocycles. The van der Waals surface area contributed by atoms with E-state index in [0.717, 1.165) is 5.56 Å². The second-order valence-corrected chi connectivity index (χ2v) is 3.98. The Kier molecular flexibility index (Phi) is 3.56. The lowest BCUT2D eigenvalue weighted by molar-refractivity contribution is -0.136. The Bertz CT molecular complexity index is 652. The number of H-pyrrole nitrogens is 1. The molecule has 7 nitrogen and oxygen atoms in total. The number of rotatable bonds is 4. The van der Waals surface area contributed by atoms with Gasteiger partial charge in [0.05, 0.1) is 12.0 Å². The zero-order chi connectivity index (χ0) is 13.8. The fraction of sp³-hybridized carbons (Fsp3) is 0.167. The third kappa shape index (κ3) is 3.15. The number of carboxylic acids is 1. The van der Waals surface area contributed by atoms with Crippen molar-refractivity contribution in [2.75, 3.05) is 5.73 Å². The predicted molar refractivity (Wildman–Crippen MR) is 67.7 cm³/mol. The Labute approximate surface area is 108 Å². The maximum absolute atomic E-state index is 11.7. The summed E-state index contributed by atoms with van der Waals surface area (Å²) >= 11 is 0. The summed E-state index contributed by atoms with van der Waals surface area (Å²) in [4.78, 5) is 32.8. The Morgan fingerprint density at radius 1 is 1.37 bits per heavy atom. The number of carbonyl (C=O) groups is 1. The number of nitrogens with two attached hydrogens (primary N) is 1. The van der Waals surface area contributed by atoms with Crippen molar-refractivity contribution in [1.29, 1.82) is 0 Å². The van der Waals surface area contributed by atoms with Gasteiger partial charge in [-0.2, -0.15) is 0 Å². The van der Waals surface area contributed by atoms with Gasteiger partial charge in [0.15, 0.2) is 0 Å². The minimum atomic E-state index is -1.12. The topological polar surface area (TPSA) is 122 Å². The Morgan fingerprint density at radius 2 is 2.05 bits per heavy atom. The molecule has 2 aromatic heterocycles. The zero-order valence-corrected chi connectivity index (χ0v) is 9.96. The van der Waals surface area contributed by atoms with Crippen molar-refractivity contribution in [3.63, 3.8) is 0 Å². The summed E-state index contributed by atoms with van der Waals surface area (Å²) in [5.74, 6) is -0.779. The average Bonchev–Trinajstić information content (AvgIpc) is 2.35. The van der Waals surface area contributed by atoms with Gasteiger partial charge in [-0.25, -0.2) is 4.98 Å². The second kappa shape index (κ2) is 5.30. The maximum atomic E-state index is 11.7. The van der Waals surface area contributed by atoms with E-state index in [2.05, 4.69) is 15.0 Å². The molecule has 0 saturated heterocycles. The predicted octanol–water partition coefficient (Wildman–Crippen LogP) is -0.0350. The second-order valence-electron chi connectivity index (χ2n) is 3.98. The molecule has 0 unspecified atom stereocenters. The van der Waals surface area contributed by atoms with Crippen molar-refractivity contribution in [3.8, 4) is 0 Å². The molecule has 0 fully saturated rings. The molecule has 0 aliphatic carbocycles. The minimum Gasteiger partial charge on any atom is -0.481 e. The lowest BCUT2D eigenvalue weighted by atomic mass is 10.1. The first-order chi connectivity index (χ1) is 9.06. The summed E-state index contributed by atoms with van der Waals surface area (Å²) in [6.07, 6.45) is 3.23. The number of carboxylic acid groups (broad SMARTS) is 1. The summed E-state index contributed by atoms with van der Waals surface area (Å²) < 4.78 is 0. The van der Waals surface area contributed by atoms with Crippen LogP contribution in [0, 0.1) is 0 Å². The highest BCUT2D eigenvalue weighted by molar-refractivity contribution is 5.71. The Hall–Kier alpha value is -2.70. The number of hydrogen-bond donors (Lipinski definition) is 3. The first-order valence-corrected chi connectivity index (χ1v) is 5.54. The number of nitrogens with one attached hydrogen (secondary N) is 1. The van der Waals surface area contributed by atoms with Gasteiger partial charge in [0, 0.05) is 18.8 Å². The Morgan fingerprint density at radius 3 is 2.63 bits per heavy atom. The quantitative estimate of drug-likeness (QED) is 0.709. The van der Waals surface area contributed by atoms with Crippen LogP contribution in [0.3, 0.4) is 0 Å². The van der Waals surface area contributed by atoms with E-state index in [1.165, 1.54) is 0 Å². The number of anilines is 1. The first-order valence-electron chi connectivity index (χ1n) is 5.54. The lowest BCUT2D eigenvalue weighted by Gasteiger charge is -2.05. The molecule has 0 aliphatic heterocycles. The highest BCUT2D eigenvalue weighted by Crippen LogP contribution is 2.07. The zero-order valence-electron chi connectivity index (χ0n) is 9.96. The smallest absolute Gasteiger partial charge is 0.308 e. The van der Waals surface area contributed by atoms with Gasteiger partial charge in [0.2, 0.25) is 0 Å². The van der Waals surface area contributed by atoms with Crippen LogP contribution < -0.4 is 11.3 Å². The molecule has 0 aromatic carbocycles. The largest absolute Gasteiger partial charge is 0.481 e. The first kappa shape index (κ1) is 12.7. The van der Waals surface area contributed by atoms with E-state index in [1.807, 2.05) is 0 Å². The van der Waals surface area contributed by atoms with Crippen molar-refractivity contribution >= 4 is 11.8 Å². The van der Waals surface area contributed by atoms with Gasteiger partial charge < -0.3 is 15.8 Å². The van der Waals surface area contributed by atoms with Gasteiger partial charge in [-0.15, -0.1) is 0 Å². The van der Waals surface area contributed by atoms with Gasteiger partial charge in [0.1, 0.15) is 11.6 Å². The van der Waals surface area contributed by atoms with Crippen LogP contribution in [0.15, 0.2) is 29.3 Å². The van der Waals surface area contributed by atoms with Crippen LogP contribution >= 0.6 is 0 Å². The number of aromatic amines is 1. The molecule has 19 heavy (non-hydrogen) atoms. The SMILES string of the molecule is Nc1nc(Cc2ccncc2)[nH]c(=O)c1CC(=O)O. The number of aromatic nitrogens is 3. The summed E-state index contributed by atoms with van der Waals surface area (Å²) in [5.41, 5.74) is 6.00. The number of nitrogen functional groups attached to an aromatic ring is 1. The standard InChI is InChI=1S/C12H12N4O3/c13-11-8(6-10(17)18)12(19)16-9(15-11)5-7-1-3-14-4-2-7/h1-4H,5-6H2,(H,17,18)(H3,13,15,16,19). The summed E-state index contributed by atoms with van der Waals surface area (Å²) in [7, 11) is 0. The van der Waals surface area contributed by atoms with Crippen LogP contribution in [-0.2, 0) is 17.6 Å². The van der Waals surface area contributed by atoms with Crippen LogP contribution in [0.5, 0.6) is 0 Å². The summed E-state index contributed by atoms with van der Waals surface area (Å²) in [5, 5.41) is 8.68. The molecule has 98 valence electrons. The van der Waals surface area contributed by atoms with Gasteiger partial charge in [-0.3, -0.25) is 14.6 Å². The monoisotopic (exact) mass is 260 g/mol. The van der Waals surface area contributed by atoms with E-state index >= 15 is 0 Å². The van der Waals surface area contributed by atoms with Crippen LogP contribution in [0.25, 0.3) is 0 Å². The highest BCUT2D eigenvalue weighted by Gasteiger charge is 2.12. The average molecular weight is 260 g/mol. The van der Waals surface area contributed by atoms with E-state index in [0.29, 0.717) is 12.2 Å². The third-order valence-electron chi connectivity index (χ3n) is 2.55. The fourth-order valence-corrected chi connectivity index (χ4v) is 1.66. The van der Waals surface area contributed by atoms with Crippen molar-refractivity contribution in [3.05, 3.63) is 51.8 Å². The highest BCUT2D eigenvalue weighted by atomic mass is 16.4. The molecule has 0 bridgehead atoms. The molecule has 0 amide bonds. The van der Waals surface area contributed by atoms with Crippen LogP contribution in [-0.4, -0.2) is 26.0 Å². The molecular formula is C12H12N4O3. The normalized spacial score (nSPS) is 10.3. The van der Waals surface area contributed by atoms with E-state index in [1.54, 1.807) is 24.5 Å². The van der Waals surface area contributed by atoms with Crippen molar-refractivity contribution < 1.29 is 9.90 Å². The van der Waals surface area contributed by atoms with Crippen molar-refractivity contribution in [2.24, 2.45) is 0 Å². The Balaban J connectivity index is 2.30. The van der Waals surface area contributed by atoms with Crippen LogP contribution in [0.1, 0.15) is 17.0 Å². The molecule has 2 heterocycles. The third-order valence-corrected chi connectivity index (χ3v) is 2.55. The van der Waals surface area contributed by atoms with Crippen molar-refractivity contribution in [2.45, 2.75) is 12.8 Å². The lowest BCUT2D eigenvalue weighted by Crippen LogP contribution is -2.22. The van der Waals surface area contributed by atoms with Crippen molar-refractivity contribution in [1.82, 2.24) is 15.0 Å². The molecule has 2 rings (SSSR count). The maximum Gasteiger partial charge on any atom is 0.308 e. The molecule has 7 heteroatoms. The minimum absolute atomic E-state index is 0.0222. The molecule has 0 spiro atoms. The van der Waals surface area contributed by atoms with Gasteiger partial charge in [0.25, 0.3) is 5.56 Å². The van der Waals surface area contributed by atoms with E-state index in [4.69, 9.17) is 10.8 Å². The summed E-state index contributed by atoms with van der Waals surface area (Å²) in [6, 6.07) is 3.59. The van der Waals surface area contributed by atoms with E-state index < -0.39 is 17.9 Å². The molecule has 2 aromatic rings. The van der Waals surface area contributed by atoms with Crippen LogP contribution in [0.4, 0.5) is 5.82 Å². The van der Waals surface area contributed by atoms with E-state index in [-0.39, 0.29) is 11.4 Å². The number of aliphatic carboxylic acids is 1. The molecular weight excluding hydrogens is 248 g/mol. The molecule has 0 aliphatic rings. The summed E-state index contributed by atoms with van der Waals surface area (Å²) in [6.45, 7) is 0. The number of pyridine rings is 1. The molecule has 0 atom stereocenters. The molecule has 0 radical (unpaired) electrons. The van der Waals surface area contributed by atoms with Crippen LogP contribution in [0.2, 0.25) is 0 Å². The number of nitrogens with zero attached hydrogens (tertiary/aromatic N) is 2. The molecule has 4 N–H and O–H groups in total. The van der Waals surface area contributed by atoms with Gasteiger partial charge in [-0.05, 0) is 17.7 Å².